The first kappa shape index (κ1) is 14.3. The Morgan fingerprint density at radius 3 is 2.85 bits per heavy atom. The number of anilines is 2. The Labute approximate surface area is 117 Å². The highest BCUT2D eigenvalue weighted by molar-refractivity contribution is 5.78. The molecule has 1 aromatic rings. The van der Waals surface area contributed by atoms with Crippen molar-refractivity contribution in [3.05, 3.63) is 0 Å². The van der Waals surface area contributed by atoms with E-state index in [0.29, 0.717) is 38.1 Å². The highest BCUT2D eigenvalue weighted by Gasteiger charge is 2.28. The van der Waals surface area contributed by atoms with E-state index >= 15 is 0 Å². The van der Waals surface area contributed by atoms with Crippen LogP contribution in [0.25, 0.3) is 0 Å². The van der Waals surface area contributed by atoms with Crippen molar-refractivity contribution >= 4 is 17.8 Å². The van der Waals surface area contributed by atoms with E-state index in [-0.39, 0.29) is 17.8 Å². The third kappa shape index (κ3) is 3.25. The third-order valence-corrected chi connectivity index (χ3v) is 3.08. The average Bonchev–Trinajstić information content (AvgIpc) is 2.89. The molecular weight excluding hydrogens is 260 g/mol. The summed E-state index contributed by atoms with van der Waals surface area (Å²) >= 11 is 0. The van der Waals surface area contributed by atoms with Crippen LogP contribution < -0.4 is 20.7 Å². The molecule has 8 heteroatoms. The van der Waals surface area contributed by atoms with Crippen molar-refractivity contribution in [3.63, 3.8) is 0 Å². The summed E-state index contributed by atoms with van der Waals surface area (Å²) in [6.45, 7) is 6.27. The van der Waals surface area contributed by atoms with E-state index in [1.165, 1.54) is 0 Å². The van der Waals surface area contributed by atoms with Crippen molar-refractivity contribution in [2.75, 3.05) is 36.5 Å². The quantitative estimate of drug-likeness (QED) is 0.756. The van der Waals surface area contributed by atoms with Crippen LogP contribution in [0.5, 0.6) is 6.01 Å². The second-order valence-electron chi connectivity index (χ2n) is 4.54. The second kappa shape index (κ2) is 6.36. The Morgan fingerprint density at radius 1 is 1.45 bits per heavy atom. The van der Waals surface area contributed by atoms with E-state index < -0.39 is 0 Å². The van der Waals surface area contributed by atoms with Gasteiger partial charge in [-0.2, -0.15) is 15.0 Å². The average molecular weight is 280 g/mol. The summed E-state index contributed by atoms with van der Waals surface area (Å²) in [5.74, 6) is 0.565. The summed E-state index contributed by atoms with van der Waals surface area (Å²) in [5, 5.41) is 3.04. The molecule has 2 rings (SSSR count). The zero-order valence-electron chi connectivity index (χ0n) is 11.8. The van der Waals surface area contributed by atoms with Crippen LogP contribution in [0.15, 0.2) is 0 Å². The lowest BCUT2D eigenvalue weighted by Crippen LogP contribution is -2.28. The van der Waals surface area contributed by atoms with Crippen LogP contribution >= 0.6 is 0 Å². The number of primary amides is 1. The SMILES string of the molecule is CCNc1nc(OCC)nc(N2CCC(C(N)=O)C2)n1. The molecule has 1 saturated heterocycles. The van der Waals surface area contributed by atoms with Gasteiger partial charge >= 0.3 is 6.01 Å². The van der Waals surface area contributed by atoms with Gasteiger partial charge in [-0.05, 0) is 20.3 Å². The number of nitrogens with zero attached hydrogens (tertiary/aromatic N) is 4. The van der Waals surface area contributed by atoms with E-state index in [4.69, 9.17) is 10.5 Å². The molecule has 0 bridgehead atoms. The molecule has 1 fully saturated rings. The van der Waals surface area contributed by atoms with Crippen molar-refractivity contribution in [2.45, 2.75) is 20.3 Å². The van der Waals surface area contributed by atoms with Gasteiger partial charge in [0.15, 0.2) is 0 Å². The summed E-state index contributed by atoms with van der Waals surface area (Å²) < 4.78 is 5.35. The van der Waals surface area contributed by atoms with Gasteiger partial charge in [0.05, 0.1) is 12.5 Å². The van der Waals surface area contributed by atoms with Gasteiger partial charge in [-0.25, -0.2) is 0 Å². The van der Waals surface area contributed by atoms with Gasteiger partial charge in [-0.15, -0.1) is 0 Å². The van der Waals surface area contributed by atoms with Crippen LogP contribution in [-0.4, -0.2) is 47.1 Å². The molecule has 110 valence electrons. The fourth-order valence-corrected chi connectivity index (χ4v) is 2.09. The molecule has 3 N–H and O–H groups in total. The van der Waals surface area contributed by atoms with Crippen molar-refractivity contribution in [3.8, 4) is 6.01 Å². The first-order valence-corrected chi connectivity index (χ1v) is 6.81. The molecule has 1 aliphatic heterocycles. The van der Waals surface area contributed by atoms with Crippen molar-refractivity contribution in [1.29, 1.82) is 0 Å². The highest BCUT2D eigenvalue weighted by Crippen LogP contribution is 2.22. The number of nitrogens with two attached hydrogens (primary N) is 1. The Kier molecular flexibility index (Phi) is 4.54. The summed E-state index contributed by atoms with van der Waals surface area (Å²) in [7, 11) is 0. The number of hydrogen-bond acceptors (Lipinski definition) is 7. The molecule has 2 heterocycles. The van der Waals surface area contributed by atoms with Gasteiger partial charge in [0.25, 0.3) is 0 Å². The maximum atomic E-state index is 11.2. The van der Waals surface area contributed by atoms with E-state index in [1.54, 1.807) is 0 Å². The third-order valence-electron chi connectivity index (χ3n) is 3.08. The van der Waals surface area contributed by atoms with Gasteiger partial charge in [0.1, 0.15) is 0 Å². The van der Waals surface area contributed by atoms with Gasteiger partial charge in [-0.3, -0.25) is 4.79 Å². The monoisotopic (exact) mass is 280 g/mol. The minimum absolute atomic E-state index is 0.148. The molecule has 0 saturated carbocycles. The van der Waals surface area contributed by atoms with E-state index in [1.807, 2.05) is 18.7 Å². The Morgan fingerprint density at radius 2 is 2.25 bits per heavy atom. The molecule has 0 spiro atoms. The fourth-order valence-electron chi connectivity index (χ4n) is 2.09. The minimum Gasteiger partial charge on any atom is -0.464 e. The van der Waals surface area contributed by atoms with Crippen LogP contribution in [0.2, 0.25) is 0 Å². The zero-order chi connectivity index (χ0) is 14.5. The van der Waals surface area contributed by atoms with Crippen LogP contribution in [0.1, 0.15) is 20.3 Å². The van der Waals surface area contributed by atoms with E-state index in [9.17, 15) is 4.79 Å². The van der Waals surface area contributed by atoms with Gasteiger partial charge in [-0.1, -0.05) is 0 Å². The molecule has 0 aliphatic carbocycles. The number of hydrogen-bond donors (Lipinski definition) is 2. The number of amides is 1. The van der Waals surface area contributed by atoms with Crippen molar-refractivity contribution < 1.29 is 9.53 Å². The van der Waals surface area contributed by atoms with Crippen LogP contribution in [0.4, 0.5) is 11.9 Å². The number of nitrogens with one attached hydrogen (secondary N) is 1. The molecule has 20 heavy (non-hydrogen) atoms. The molecule has 1 amide bonds. The summed E-state index contributed by atoms with van der Waals surface area (Å²) in [4.78, 5) is 25.9. The van der Waals surface area contributed by atoms with Gasteiger partial charge < -0.3 is 20.7 Å². The predicted octanol–water partition coefficient (Wildman–Crippen LogP) is 0.0137. The summed E-state index contributed by atoms with van der Waals surface area (Å²) in [5.41, 5.74) is 5.34. The standard InChI is InChI=1S/C12H20N6O2/c1-3-14-10-15-11(17-12(16-10)20-4-2)18-6-5-8(7-18)9(13)19/h8H,3-7H2,1-2H3,(H2,13,19)(H,14,15,16,17). The Hall–Kier alpha value is -2.12. The van der Waals surface area contributed by atoms with Crippen molar-refractivity contribution in [1.82, 2.24) is 15.0 Å². The van der Waals surface area contributed by atoms with E-state index in [0.717, 1.165) is 6.42 Å². The number of ether oxygens (including phenoxy) is 1. The lowest BCUT2D eigenvalue weighted by molar-refractivity contribution is -0.121. The number of rotatable bonds is 6. The summed E-state index contributed by atoms with van der Waals surface area (Å²) in [6.07, 6.45) is 0.724. The fraction of sp³-hybridized carbons (Fsp3) is 0.667. The van der Waals surface area contributed by atoms with Crippen LogP contribution in [0, 0.1) is 5.92 Å². The topological polar surface area (TPSA) is 106 Å². The molecule has 1 aromatic heterocycles. The first-order valence-electron chi connectivity index (χ1n) is 6.81. The molecular formula is C12H20N6O2. The lowest BCUT2D eigenvalue weighted by atomic mass is 10.1. The molecule has 0 aromatic carbocycles. The highest BCUT2D eigenvalue weighted by atomic mass is 16.5. The number of carbonyl (C=O) groups excluding carboxylic acids is 1. The smallest absolute Gasteiger partial charge is 0.323 e. The van der Waals surface area contributed by atoms with Crippen LogP contribution in [-0.2, 0) is 4.79 Å². The number of carbonyl (C=O) groups is 1. The van der Waals surface area contributed by atoms with Crippen LogP contribution in [0.3, 0.4) is 0 Å². The molecule has 8 nitrogen and oxygen atoms in total. The van der Waals surface area contributed by atoms with E-state index in [2.05, 4.69) is 20.3 Å². The summed E-state index contributed by atoms with van der Waals surface area (Å²) in [6, 6.07) is 0.288. The second-order valence-corrected chi connectivity index (χ2v) is 4.54. The zero-order valence-corrected chi connectivity index (χ0v) is 11.8. The molecule has 1 unspecified atom stereocenters. The number of aromatic nitrogens is 3. The molecule has 1 aliphatic rings. The largest absolute Gasteiger partial charge is 0.464 e. The maximum absolute atomic E-state index is 11.2. The molecule has 1 atom stereocenters. The van der Waals surface area contributed by atoms with Crippen molar-refractivity contribution in [2.24, 2.45) is 11.7 Å². The molecule has 0 radical (unpaired) electrons. The predicted molar refractivity (Wildman–Crippen MR) is 74.7 cm³/mol. The van der Waals surface area contributed by atoms with Gasteiger partial charge in [0, 0.05) is 19.6 Å². The minimum atomic E-state index is -0.279. The first-order chi connectivity index (χ1) is 9.63. The Balaban J connectivity index is 2.19. The maximum Gasteiger partial charge on any atom is 0.323 e. The Bertz CT molecular complexity index is 457. The van der Waals surface area contributed by atoms with Gasteiger partial charge in [0.2, 0.25) is 17.8 Å². The normalized spacial score (nSPS) is 18.1. The lowest BCUT2D eigenvalue weighted by Gasteiger charge is -2.17.